The maximum Gasteiger partial charge on any atom is 0.243 e. The van der Waals surface area contributed by atoms with Crippen molar-refractivity contribution in [2.45, 2.75) is 11.8 Å². The van der Waals surface area contributed by atoms with Crippen molar-refractivity contribution in [3.05, 3.63) is 54.1 Å². The van der Waals surface area contributed by atoms with Crippen LogP contribution >= 0.6 is 24.8 Å². The highest BCUT2D eigenvalue weighted by molar-refractivity contribution is 7.89. The Bertz CT molecular complexity index is 915. The van der Waals surface area contributed by atoms with Crippen LogP contribution in [0.1, 0.15) is 5.56 Å². The lowest BCUT2D eigenvalue weighted by molar-refractivity contribution is -0.117. The van der Waals surface area contributed by atoms with E-state index >= 15 is 0 Å². The maximum atomic E-state index is 12.7. The van der Waals surface area contributed by atoms with Crippen molar-refractivity contribution < 1.29 is 13.2 Å². The summed E-state index contributed by atoms with van der Waals surface area (Å²) in [4.78, 5) is 14.5. The Morgan fingerprint density at radius 1 is 1.00 bits per heavy atom. The van der Waals surface area contributed by atoms with E-state index in [9.17, 15) is 13.2 Å². The molecule has 0 radical (unpaired) electrons. The number of hydrogen-bond donors (Lipinski definition) is 2. The molecule has 0 bridgehead atoms. The van der Waals surface area contributed by atoms with Gasteiger partial charge in [0.15, 0.2) is 0 Å². The van der Waals surface area contributed by atoms with E-state index in [2.05, 4.69) is 5.32 Å². The van der Waals surface area contributed by atoms with Crippen LogP contribution in [0.2, 0.25) is 0 Å². The van der Waals surface area contributed by atoms with Crippen LogP contribution in [0.4, 0.5) is 11.4 Å². The number of aryl methyl sites for hydroxylation is 1. The Balaban J connectivity index is 0.00000210. The van der Waals surface area contributed by atoms with E-state index in [1.165, 1.54) is 4.31 Å². The summed E-state index contributed by atoms with van der Waals surface area (Å²) in [6.07, 6.45) is 0. The molecule has 0 saturated carbocycles. The molecule has 0 aliphatic carbocycles. The van der Waals surface area contributed by atoms with Crippen molar-refractivity contribution in [2.75, 3.05) is 43.8 Å². The van der Waals surface area contributed by atoms with E-state index < -0.39 is 10.0 Å². The monoisotopic (exact) mass is 460 g/mol. The van der Waals surface area contributed by atoms with Crippen molar-refractivity contribution in [2.24, 2.45) is 0 Å². The van der Waals surface area contributed by atoms with Gasteiger partial charge in [-0.3, -0.25) is 9.69 Å². The second-order valence-corrected chi connectivity index (χ2v) is 8.57. The average molecular weight is 461 g/mol. The van der Waals surface area contributed by atoms with Crippen LogP contribution in [0.3, 0.4) is 0 Å². The summed E-state index contributed by atoms with van der Waals surface area (Å²) in [6, 6.07) is 13.9. The largest absolute Gasteiger partial charge is 0.397 e. The number of nitrogens with one attached hydrogen (secondary N) is 1. The molecule has 1 aliphatic heterocycles. The molecule has 1 amide bonds. The van der Waals surface area contributed by atoms with E-state index in [1.807, 2.05) is 11.8 Å². The first-order valence-electron chi connectivity index (χ1n) is 8.80. The highest BCUT2D eigenvalue weighted by Crippen LogP contribution is 2.19. The molecule has 2 aromatic carbocycles. The van der Waals surface area contributed by atoms with Crippen molar-refractivity contribution >= 4 is 52.1 Å². The first-order chi connectivity index (χ1) is 12.9. The average Bonchev–Trinajstić information content (AvgIpc) is 2.64. The van der Waals surface area contributed by atoms with Gasteiger partial charge in [0, 0.05) is 26.2 Å². The van der Waals surface area contributed by atoms with Crippen LogP contribution in [-0.4, -0.2) is 56.3 Å². The summed E-state index contributed by atoms with van der Waals surface area (Å²) in [5.74, 6) is -0.164. The van der Waals surface area contributed by atoms with Gasteiger partial charge in [0.2, 0.25) is 15.9 Å². The van der Waals surface area contributed by atoms with E-state index in [0.29, 0.717) is 42.4 Å². The molecule has 10 heteroatoms. The van der Waals surface area contributed by atoms with Crippen LogP contribution in [-0.2, 0) is 14.8 Å². The van der Waals surface area contributed by atoms with E-state index in [-0.39, 0.29) is 37.3 Å². The van der Waals surface area contributed by atoms with Gasteiger partial charge in [-0.25, -0.2) is 8.42 Å². The lowest BCUT2D eigenvalue weighted by Crippen LogP contribution is -2.50. The molecule has 29 heavy (non-hydrogen) atoms. The van der Waals surface area contributed by atoms with Crippen molar-refractivity contribution in [1.82, 2.24) is 9.21 Å². The molecule has 7 nitrogen and oxygen atoms in total. The van der Waals surface area contributed by atoms with Gasteiger partial charge in [-0.15, -0.1) is 24.8 Å². The number of halogens is 2. The minimum Gasteiger partial charge on any atom is -0.397 e. The number of sulfonamides is 1. The first kappa shape index (κ1) is 25.2. The number of rotatable bonds is 5. The summed E-state index contributed by atoms with van der Waals surface area (Å²) in [7, 11) is -3.50. The van der Waals surface area contributed by atoms with Gasteiger partial charge in [-0.05, 0) is 31.2 Å². The number of benzene rings is 2. The third-order valence-electron chi connectivity index (χ3n) is 4.59. The van der Waals surface area contributed by atoms with Gasteiger partial charge in [-0.1, -0.05) is 29.8 Å². The molecule has 1 fully saturated rings. The minimum atomic E-state index is -3.50. The number of nitrogens with two attached hydrogens (primary N) is 1. The molecule has 3 N–H and O–H groups in total. The SMILES string of the molecule is Cc1ccc(S(=O)(=O)N2CCN(CC(=O)Nc3ccccc3N)CC2)cc1.Cl.Cl. The summed E-state index contributed by atoms with van der Waals surface area (Å²) in [6.45, 7) is 3.84. The second-order valence-electron chi connectivity index (χ2n) is 6.63. The highest BCUT2D eigenvalue weighted by Gasteiger charge is 2.29. The number of amides is 1. The summed E-state index contributed by atoms with van der Waals surface area (Å²) < 4.78 is 26.9. The number of nitrogen functional groups attached to an aromatic ring is 1. The lowest BCUT2D eigenvalue weighted by atomic mass is 10.2. The number of nitrogens with zero attached hydrogens (tertiary/aromatic N) is 2. The Morgan fingerprint density at radius 2 is 1.59 bits per heavy atom. The zero-order chi connectivity index (χ0) is 19.4. The Labute approximate surface area is 184 Å². The van der Waals surface area contributed by atoms with Crippen LogP contribution in [0.5, 0.6) is 0 Å². The molecular weight excluding hydrogens is 435 g/mol. The number of anilines is 2. The summed E-state index contributed by atoms with van der Waals surface area (Å²) in [5.41, 5.74) is 7.95. The number of carbonyl (C=O) groups is 1. The molecule has 0 spiro atoms. The highest BCUT2D eigenvalue weighted by atomic mass is 35.5. The third kappa shape index (κ3) is 6.32. The standard InChI is InChI=1S/C19H24N4O3S.2ClH/c1-15-6-8-16(9-7-15)27(25,26)23-12-10-22(11-13-23)14-19(24)21-18-5-3-2-4-17(18)20;;/h2-9H,10-14,20H2,1H3,(H,21,24);2*1H. The minimum absolute atomic E-state index is 0. The summed E-state index contributed by atoms with van der Waals surface area (Å²) in [5, 5.41) is 2.79. The predicted octanol–water partition coefficient (Wildman–Crippen LogP) is 2.37. The molecule has 1 heterocycles. The fourth-order valence-electron chi connectivity index (χ4n) is 2.99. The Kier molecular flexibility index (Phi) is 9.38. The van der Waals surface area contributed by atoms with Gasteiger partial charge in [0.1, 0.15) is 0 Å². The van der Waals surface area contributed by atoms with Crippen LogP contribution in [0, 0.1) is 6.92 Å². The van der Waals surface area contributed by atoms with Crippen molar-refractivity contribution in [3.63, 3.8) is 0 Å². The third-order valence-corrected chi connectivity index (χ3v) is 6.50. The van der Waals surface area contributed by atoms with E-state index in [1.54, 1.807) is 48.5 Å². The van der Waals surface area contributed by atoms with Crippen LogP contribution in [0.25, 0.3) is 0 Å². The number of piperazine rings is 1. The van der Waals surface area contributed by atoms with Crippen LogP contribution in [0.15, 0.2) is 53.4 Å². The van der Waals surface area contributed by atoms with Gasteiger partial charge in [0.25, 0.3) is 0 Å². The van der Waals surface area contributed by atoms with Crippen LogP contribution < -0.4 is 11.1 Å². The van der Waals surface area contributed by atoms with Crippen molar-refractivity contribution in [3.8, 4) is 0 Å². The molecule has 2 aromatic rings. The van der Waals surface area contributed by atoms with Gasteiger partial charge < -0.3 is 11.1 Å². The molecule has 0 aromatic heterocycles. The molecule has 1 aliphatic rings. The molecule has 3 rings (SSSR count). The number of carbonyl (C=O) groups excluding carboxylic acids is 1. The van der Waals surface area contributed by atoms with Gasteiger partial charge >= 0.3 is 0 Å². The number of para-hydroxylation sites is 2. The van der Waals surface area contributed by atoms with E-state index in [4.69, 9.17) is 5.73 Å². The molecule has 1 saturated heterocycles. The predicted molar refractivity (Wildman–Crippen MR) is 120 cm³/mol. The molecule has 160 valence electrons. The lowest BCUT2D eigenvalue weighted by Gasteiger charge is -2.33. The molecular formula is C19H26Cl2N4O3S. The first-order valence-corrected chi connectivity index (χ1v) is 10.2. The molecule has 0 unspecified atom stereocenters. The van der Waals surface area contributed by atoms with Gasteiger partial charge in [-0.2, -0.15) is 4.31 Å². The number of hydrogen-bond acceptors (Lipinski definition) is 5. The fourth-order valence-corrected chi connectivity index (χ4v) is 4.41. The Hall–Kier alpha value is -1.84. The topological polar surface area (TPSA) is 95.7 Å². The summed E-state index contributed by atoms with van der Waals surface area (Å²) >= 11 is 0. The zero-order valence-electron chi connectivity index (χ0n) is 16.1. The van der Waals surface area contributed by atoms with E-state index in [0.717, 1.165) is 5.56 Å². The zero-order valence-corrected chi connectivity index (χ0v) is 18.5. The second kappa shape index (κ2) is 10.8. The maximum absolute atomic E-state index is 12.7. The fraction of sp³-hybridized carbons (Fsp3) is 0.316. The van der Waals surface area contributed by atoms with Crippen molar-refractivity contribution in [1.29, 1.82) is 0 Å². The normalized spacial score (nSPS) is 15.1. The Morgan fingerprint density at radius 3 is 2.17 bits per heavy atom. The quantitative estimate of drug-likeness (QED) is 0.667. The van der Waals surface area contributed by atoms with Gasteiger partial charge in [0.05, 0.1) is 22.8 Å². The smallest absolute Gasteiger partial charge is 0.243 e. The molecule has 0 atom stereocenters.